The van der Waals surface area contributed by atoms with Gasteiger partial charge in [0.2, 0.25) is 0 Å². The van der Waals surface area contributed by atoms with Gasteiger partial charge in [0.15, 0.2) is 7.28 Å². The Bertz CT molecular complexity index is 322. The average Bonchev–Trinajstić information content (AvgIpc) is 2.15. The Morgan fingerprint density at radius 1 is 1.43 bits per heavy atom. The molecule has 1 aromatic rings. The fraction of sp³-hybridized carbons (Fsp3) is 0.444. The van der Waals surface area contributed by atoms with Crippen LogP contribution in [0.5, 0.6) is 0 Å². The lowest BCUT2D eigenvalue weighted by atomic mass is 9.74. The molecule has 0 aromatic carbocycles. The van der Waals surface area contributed by atoms with Gasteiger partial charge in [0, 0.05) is 6.20 Å². The van der Waals surface area contributed by atoms with Gasteiger partial charge in [-0.15, -0.1) is 0 Å². The van der Waals surface area contributed by atoms with Crippen molar-refractivity contribution in [2.24, 2.45) is 0 Å². The molecular weight excluding hydrogens is 190 g/mol. The van der Waals surface area contributed by atoms with Crippen LogP contribution < -0.4 is 5.46 Å². The van der Waals surface area contributed by atoms with E-state index < -0.39 is 11.7 Å². The van der Waals surface area contributed by atoms with E-state index >= 15 is 0 Å². The quantitative estimate of drug-likeness (QED) is 0.664. The molecule has 1 nitrogen and oxygen atoms in total. The SMILES string of the molecule is CBc1cnc(CC)c(C(F)(F)F)c1. The molecule has 0 spiro atoms. The van der Waals surface area contributed by atoms with Crippen LogP contribution in [0.1, 0.15) is 18.2 Å². The van der Waals surface area contributed by atoms with Gasteiger partial charge in [0.05, 0.1) is 11.3 Å². The molecule has 14 heavy (non-hydrogen) atoms. The number of pyridine rings is 1. The molecule has 0 fully saturated rings. The summed E-state index contributed by atoms with van der Waals surface area (Å²) in [6, 6.07) is 1.19. The Hall–Kier alpha value is -0.995. The van der Waals surface area contributed by atoms with Crippen LogP contribution in [0.2, 0.25) is 6.82 Å². The number of aryl methyl sites for hydroxylation is 1. The molecule has 0 radical (unpaired) electrons. The van der Waals surface area contributed by atoms with Crippen LogP contribution in [0.4, 0.5) is 13.2 Å². The van der Waals surface area contributed by atoms with Crippen LogP contribution >= 0.6 is 0 Å². The lowest BCUT2D eigenvalue weighted by Crippen LogP contribution is -2.19. The number of halogens is 3. The van der Waals surface area contributed by atoms with Gasteiger partial charge < -0.3 is 0 Å². The van der Waals surface area contributed by atoms with E-state index in [2.05, 4.69) is 4.98 Å². The van der Waals surface area contributed by atoms with E-state index in [0.29, 0.717) is 19.2 Å². The van der Waals surface area contributed by atoms with E-state index in [9.17, 15) is 13.2 Å². The zero-order valence-electron chi connectivity index (χ0n) is 8.15. The fourth-order valence-electron chi connectivity index (χ4n) is 1.26. The molecule has 76 valence electrons. The highest BCUT2D eigenvalue weighted by atomic mass is 19.4. The maximum absolute atomic E-state index is 12.5. The van der Waals surface area contributed by atoms with Crippen LogP contribution in [-0.4, -0.2) is 12.3 Å². The second-order valence-electron chi connectivity index (χ2n) is 3.04. The molecule has 0 saturated heterocycles. The Morgan fingerprint density at radius 3 is 2.50 bits per heavy atom. The molecule has 1 heterocycles. The predicted octanol–water partition coefficient (Wildman–Crippen LogP) is 1.77. The van der Waals surface area contributed by atoms with Gasteiger partial charge in [-0.2, -0.15) is 13.2 Å². The van der Waals surface area contributed by atoms with Gasteiger partial charge in [-0.05, 0) is 6.42 Å². The third kappa shape index (κ3) is 2.27. The standard InChI is InChI=1S/C9H11BF3N/c1-3-8-7(9(11,12)13)4-6(10-2)5-14-8/h4-5,10H,3H2,1-2H3. The Balaban J connectivity index is 3.22. The van der Waals surface area contributed by atoms with Crippen molar-refractivity contribution in [3.05, 3.63) is 23.5 Å². The van der Waals surface area contributed by atoms with E-state index in [-0.39, 0.29) is 5.69 Å². The zero-order chi connectivity index (χ0) is 10.8. The molecule has 0 aliphatic heterocycles. The highest BCUT2D eigenvalue weighted by Gasteiger charge is 2.33. The van der Waals surface area contributed by atoms with Gasteiger partial charge in [-0.25, -0.2) is 0 Å². The molecule has 0 aliphatic rings. The highest BCUT2D eigenvalue weighted by molar-refractivity contribution is 6.51. The smallest absolute Gasteiger partial charge is 0.261 e. The highest BCUT2D eigenvalue weighted by Crippen LogP contribution is 2.30. The molecule has 0 amide bonds. The summed E-state index contributed by atoms with van der Waals surface area (Å²) < 4.78 is 37.5. The number of nitrogens with zero attached hydrogens (tertiary/aromatic N) is 1. The number of hydrogen-bond donors (Lipinski definition) is 0. The van der Waals surface area contributed by atoms with Crippen molar-refractivity contribution in [2.45, 2.75) is 26.3 Å². The average molecular weight is 201 g/mol. The minimum Gasteiger partial charge on any atom is -0.261 e. The molecule has 0 bridgehead atoms. The first-order valence-corrected chi connectivity index (χ1v) is 4.54. The first kappa shape index (κ1) is 11.1. The summed E-state index contributed by atoms with van der Waals surface area (Å²) in [5.74, 6) is 0. The van der Waals surface area contributed by atoms with Crippen LogP contribution in [0.15, 0.2) is 12.3 Å². The minimum atomic E-state index is -4.29. The van der Waals surface area contributed by atoms with Crippen molar-refractivity contribution >= 4 is 12.7 Å². The van der Waals surface area contributed by atoms with Crippen molar-refractivity contribution in [2.75, 3.05) is 0 Å². The molecule has 1 rings (SSSR count). The molecular formula is C9H11BF3N. The number of aromatic nitrogens is 1. The monoisotopic (exact) mass is 201 g/mol. The minimum absolute atomic E-state index is 0.120. The molecule has 1 aromatic heterocycles. The van der Waals surface area contributed by atoms with E-state index in [1.165, 1.54) is 12.3 Å². The van der Waals surface area contributed by atoms with Crippen molar-refractivity contribution in [3.63, 3.8) is 0 Å². The molecule has 0 aliphatic carbocycles. The second-order valence-corrected chi connectivity index (χ2v) is 3.04. The molecule has 0 saturated carbocycles. The lowest BCUT2D eigenvalue weighted by molar-refractivity contribution is -0.138. The van der Waals surface area contributed by atoms with E-state index in [1.807, 2.05) is 6.82 Å². The first-order valence-electron chi connectivity index (χ1n) is 4.54. The van der Waals surface area contributed by atoms with E-state index in [4.69, 9.17) is 0 Å². The Kier molecular flexibility index (Phi) is 3.19. The number of hydrogen-bond acceptors (Lipinski definition) is 1. The van der Waals surface area contributed by atoms with Gasteiger partial charge in [-0.3, -0.25) is 4.98 Å². The third-order valence-electron chi connectivity index (χ3n) is 2.08. The van der Waals surface area contributed by atoms with Gasteiger partial charge in [-0.1, -0.05) is 25.3 Å². The lowest BCUT2D eigenvalue weighted by Gasteiger charge is -2.11. The van der Waals surface area contributed by atoms with Crippen molar-refractivity contribution in [1.82, 2.24) is 4.98 Å². The molecule has 0 atom stereocenters. The molecule has 0 unspecified atom stereocenters. The summed E-state index contributed by atoms with van der Waals surface area (Å²) in [5.41, 5.74) is 0.142. The van der Waals surface area contributed by atoms with Crippen molar-refractivity contribution < 1.29 is 13.2 Å². The van der Waals surface area contributed by atoms with Crippen LogP contribution in [0, 0.1) is 0 Å². The summed E-state index contributed by atoms with van der Waals surface area (Å²) in [6.07, 6.45) is -2.48. The fourth-order valence-corrected chi connectivity index (χ4v) is 1.26. The zero-order valence-corrected chi connectivity index (χ0v) is 8.15. The first-order chi connectivity index (χ1) is 6.49. The van der Waals surface area contributed by atoms with Gasteiger partial charge >= 0.3 is 6.18 Å². The molecule has 0 N–H and O–H groups in total. The van der Waals surface area contributed by atoms with E-state index in [1.54, 1.807) is 6.92 Å². The molecule has 5 heteroatoms. The summed E-state index contributed by atoms with van der Waals surface area (Å²) >= 11 is 0. The third-order valence-corrected chi connectivity index (χ3v) is 2.08. The summed E-state index contributed by atoms with van der Waals surface area (Å²) in [6.45, 7) is 3.48. The van der Waals surface area contributed by atoms with Crippen LogP contribution in [0.25, 0.3) is 0 Å². The summed E-state index contributed by atoms with van der Waals surface area (Å²) in [7, 11) is 0.570. The van der Waals surface area contributed by atoms with Crippen molar-refractivity contribution in [1.29, 1.82) is 0 Å². The van der Waals surface area contributed by atoms with Crippen LogP contribution in [-0.2, 0) is 12.6 Å². The van der Waals surface area contributed by atoms with Gasteiger partial charge in [0.25, 0.3) is 0 Å². The van der Waals surface area contributed by atoms with Gasteiger partial charge in [0.1, 0.15) is 0 Å². The second kappa shape index (κ2) is 4.03. The Morgan fingerprint density at radius 2 is 2.07 bits per heavy atom. The predicted molar refractivity (Wildman–Crippen MR) is 51.3 cm³/mol. The largest absolute Gasteiger partial charge is 0.418 e. The summed E-state index contributed by atoms with van der Waals surface area (Å²) in [4.78, 5) is 3.81. The summed E-state index contributed by atoms with van der Waals surface area (Å²) in [5, 5.41) is 0. The topological polar surface area (TPSA) is 12.9 Å². The maximum atomic E-state index is 12.5. The van der Waals surface area contributed by atoms with Crippen LogP contribution in [0.3, 0.4) is 0 Å². The number of alkyl halides is 3. The normalized spacial score (nSPS) is 11.5. The Labute approximate surface area is 81.6 Å². The van der Waals surface area contributed by atoms with E-state index in [0.717, 1.165) is 0 Å². The van der Waals surface area contributed by atoms with Crippen molar-refractivity contribution in [3.8, 4) is 0 Å². The number of rotatable bonds is 2. The maximum Gasteiger partial charge on any atom is 0.418 e.